The second-order valence-corrected chi connectivity index (χ2v) is 4.64. The van der Waals surface area contributed by atoms with Gasteiger partial charge in [-0.05, 0) is 37.6 Å². The molecule has 106 valence electrons. The number of hydrogen-bond donors (Lipinski definition) is 1. The molecule has 0 spiro atoms. The summed E-state index contributed by atoms with van der Waals surface area (Å²) >= 11 is 0. The van der Waals surface area contributed by atoms with E-state index in [9.17, 15) is 8.78 Å². The maximum absolute atomic E-state index is 14.0. The van der Waals surface area contributed by atoms with Gasteiger partial charge in [-0.25, -0.2) is 18.7 Å². The summed E-state index contributed by atoms with van der Waals surface area (Å²) < 4.78 is 27.9. The first-order chi connectivity index (χ1) is 9.63. The number of halogens is 2. The molecule has 3 nitrogen and oxygen atoms in total. The number of aromatic nitrogens is 2. The molecule has 0 aliphatic carbocycles. The third-order valence-corrected chi connectivity index (χ3v) is 2.95. The highest BCUT2D eigenvalue weighted by atomic mass is 19.1. The number of aryl methyl sites for hydroxylation is 1. The van der Waals surface area contributed by atoms with E-state index in [0.717, 1.165) is 12.0 Å². The third-order valence-electron chi connectivity index (χ3n) is 2.95. The topological polar surface area (TPSA) is 37.8 Å². The predicted molar refractivity (Wildman–Crippen MR) is 73.3 cm³/mol. The molecular formula is C15H17F2N3. The molecule has 0 aliphatic rings. The normalized spacial score (nSPS) is 12.4. The van der Waals surface area contributed by atoms with Crippen molar-refractivity contribution in [3.05, 3.63) is 59.2 Å². The van der Waals surface area contributed by atoms with Gasteiger partial charge in [-0.1, -0.05) is 13.0 Å². The largest absolute Gasteiger partial charge is 0.303 e. The zero-order valence-corrected chi connectivity index (χ0v) is 11.5. The molecule has 0 saturated heterocycles. The highest BCUT2D eigenvalue weighted by Gasteiger charge is 2.23. The molecule has 2 rings (SSSR count). The number of hydrogen-bond acceptors (Lipinski definition) is 3. The molecule has 1 aromatic carbocycles. The van der Waals surface area contributed by atoms with E-state index in [0.29, 0.717) is 12.4 Å². The van der Waals surface area contributed by atoms with Gasteiger partial charge in [0.2, 0.25) is 0 Å². The summed E-state index contributed by atoms with van der Waals surface area (Å²) in [5.74, 6) is -0.821. The number of nitrogens with zero attached hydrogens (tertiary/aromatic N) is 2. The fourth-order valence-corrected chi connectivity index (χ4v) is 1.95. The standard InChI is InChI=1S/C15H17F2N3/c1-3-7-18-14(15-19-8-10(2)9-20-15)13-11(16)5-4-6-12(13)17/h4-6,8-9,14,18H,3,7H2,1-2H3. The van der Waals surface area contributed by atoms with E-state index in [1.807, 2.05) is 13.8 Å². The first-order valence-corrected chi connectivity index (χ1v) is 6.59. The second kappa shape index (κ2) is 6.52. The van der Waals surface area contributed by atoms with Crippen molar-refractivity contribution in [1.29, 1.82) is 0 Å². The molecule has 5 heteroatoms. The summed E-state index contributed by atoms with van der Waals surface area (Å²) in [4.78, 5) is 8.37. The van der Waals surface area contributed by atoms with Crippen molar-refractivity contribution in [2.75, 3.05) is 6.54 Å². The zero-order chi connectivity index (χ0) is 14.5. The van der Waals surface area contributed by atoms with Crippen molar-refractivity contribution in [2.45, 2.75) is 26.3 Å². The minimum atomic E-state index is -0.684. The summed E-state index contributed by atoms with van der Waals surface area (Å²) in [6.07, 6.45) is 4.13. The maximum atomic E-state index is 14.0. The molecule has 0 radical (unpaired) electrons. The molecular weight excluding hydrogens is 260 g/mol. The Bertz CT molecular complexity index is 550. The van der Waals surface area contributed by atoms with Crippen molar-refractivity contribution < 1.29 is 8.78 Å². The first-order valence-electron chi connectivity index (χ1n) is 6.59. The van der Waals surface area contributed by atoms with Crippen LogP contribution in [0.3, 0.4) is 0 Å². The van der Waals surface area contributed by atoms with Gasteiger partial charge in [-0.2, -0.15) is 0 Å². The fraction of sp³-hybridized carbons (Fsp3) is 0.333. The Morgan fingerprint density at radius 3 is 2.30 bits per heavy atom. The quantitative estimate of drug-likeness (QED) is 0.912. The smallest absolute Gasteiger partial charge is 0.149 e. The average Bonchev–Trinajstić information content (AvgIpc) is 2.43. The Labute approximate surface area is 117 Å². The molecule has 1 N–H and O–H groups in total. The van der Waals surface area contributed by atoms with Gasteiger partial charge in [0.25, 0.3) is 0 Å². The molecule has 0 fully saturated rings. The van der Waals surface area contributed by atoms with Gasteiger partial charge in [-0.3, -0.25) is 0 Å². The van der Waals surface area contributed by atoms with E-state index >= 15 is 0 Å². The lowest BCUT2D eigenvalue weighted by Crippen LogP contribution is -2.27. The molecule has 1 unspecified atom stereocenters. The highest BCUT2D eigenvalue weighted by Crippen LogP contribution is 2.24. The van der Waals surface area contributed by atoms with Crippen LogP contribution in [-0.4, -0.2) is 16.5 Å². The van der Waals surface area contributed by atoms with Gasteiger partial charge in [0.05, 0.1) is 6.04 Å². The van der Waals surface area contributed by atoms with E-state index in [1.165, 1.54) is 18.2 Å². The van der Waals surface area contributed by atoms with E-state index in [-0.39, 0.29) is 5.56 Å². The predicted octanol–water partition coefficient (Wildman–Crippen LogP) is 3.15. The van der Waals surface area contributed by atoms with E-state index in [1.54, 1.807) is 12.4 Å². The minimum absolute atomic E-state index is 0.0372. The van der Waals surface area contributed by atoms with Gasteiger partial charge >= 0.3 is 0 Å². The molecule has 20 heavy (non-hydrogen) atoms. The highest BCUT2D eigenvalue weighted by molar-refractivity contribution is 5.28. The SMILES string of the molecule is CCCNC(c1ncc(C)cn1)c1c(F)cccc1F. The molecule has 2 aromatic rings. The van der Waals surface area contributed by atoms with Gasteiger partial charge in [0.1, 0.15) is 17.5 Å². The van der Waals surface area contributed by atoms with Gasteiger partial charge in [0, 0.05) is 18.0 Å². The van der Waals surface area contributed by atoms with Crippen molar-refractivity contribution in [1.82, 2.24) is 15.3 Å². The van der Waals surface area contributed by atoms with E-state index < -0.39 is 17.7 Å². The van der Waals surface area contributed by atoms with Crippen molar-refractivity contribution in [3.8, 4) is 0 Å². The van der Waals surface area contributed by atoms with Crippen LogP contribution in [0.5, 0.6) is 0 Å². The van der Waals surface area contributed by atoms with Crippen LogP contribution < -0.4 is 5.32 Å². The van der Waals surface area contributed by atoms with Crippen LogP contribution in [0.15, 0.2) is 30.6 Å². The molecule has 1 heterocycles. The third kappa shape index (κ3) is 3.17. The molecule has 1 atom stereocenters. The monoisotopic (exact) mass is 277 g/mol. The van der Waals surface area contributed by atoms with Gasteiger partial charge in [0.15, 0.2) is 0 Å². The Morgan fingerprint density at radius 2 is 1.75 bits per heavy atom. The Morgan fingerprint density at radius 1 is 1.15 bits per heavy atom. The van der Waals surface area contributed by atoms with Crippen LogP contribution in [0.4, 0.5) is 8.78 Å². The Balaban J connectivity index is 2.44. The van der Waals surface area contributed by atoms with Gasteiger partial charge < -0.3 is 5.32 Å². The number of benzene rings is 1. The van der Waals surface area contributed by atoms with Crippen molar-refractivity contribution >= 4 is 0 Å². The zero-order valence-electron chi connectivity index (χ0n) is 11.5. The summed E-state index contributed by atoms with van der Waals surface area (Å²) in [6, 6.07) is 3.15. The van der Waals surface area contributed by atoms with Crippen molar-refractivity contribution in [3.63, 3.8) is 0 Å². The van der Waals surface area contributed by atoms with Crippen LogP contribution in [-0.2, 0) is 0 Å². The van der Waals surface area contributed by atoms with Crippen molar-refractivity contribution in [2.24, 2.45) is 0 Å². The summed E-state index contributed by atoms with van der Waals surface area (Å²) in [5.41, 5.74) is 0.863. The van der Waals surface area contributed by atoms with Gasteiger partial charge in [-0.15, -0.1) is 0 Å². The second-order valence-electron chi connectivity index (χ2n) is 4.64. The summed E-state index contributed by atoms with van der Waals surface area (Å²) in [5, 5.41) is 3.10. The first kappa shape index (κ1) is 14.5. The molecule has 0 saturated carbocycles. The molecule has 1 aromatic heterocycles. The fourth-order valence-electron chi connectivity index (χ4n) is 1.95. The van der Waals surface area contributed by atoms with Crippen LogP contribution >= 0.6 is 0 Å². The van der Waals surface area contributed by atoms with E-state index in [2.05, 4.69) is 15.3 Å². The lowest BCUT2D eigenvalue weighted by atomic mass is 10.0. The Hall–Kier alpha value is -1.88. The van der Waals surface area contributed by atoms with Crippen LogP contribution in [0.2, 0.25) is 0 Å². The summed E-state index contributed by atoms with van der Waals surface area (Å²) in [6.45, 7) is 4.47. The average molecular weight is 277 g/mol. The minimum Gasteiger partial charge on any atom is -0.303 e. The lowest BCUT2D eigenvalue weighted by Gasteiger charge is -2.18. The van der Waals surface area contributed by atoms with E-state index in [4.69, 9.17) is 0 Å². The Kier molecular flexibility index (Phi) is 4.74. The number of nitrogens with one attached hydrogen (secondary N) is 1. The lowest BCUT2D eigenvalue weighted by molar-refractivity contribution is 0.490. The van der Waals surface area contributed by atoms with Crippen LogP contribution in [0.25, 0.3) is 0 Å². The molecule has 0 amide bonds. The van der Waals surface area contributed by atoms with Crippen LogP contribution in [0.1, 0.15) is 36.3 Å². The number of rotatable bonds is 5. The van der Waals surface area contributed by atoms with Crippen LogP contribution in [0, 0.1) is 18.6 Å². The summed E-state index contributed by atoms with van der Waals surface area (Å²) in [7, 11) is 0. The molecule has 0 aliphatic heterocycles. The maximum Gasteiger partial charge on any atom is 0.149 e. The molecule has 0 bridgehead atoms.